The van der Waals surface area contributed by atoms with Gasteiger partial charge in [-0.15, -0.1) is 0 Å². The van der Waals surface area contributed by atoms with Gasteiger partial charge in [0.25, 0.3) is 0 Å². The molecule has 0 radical (unpaired) electrons. The van der Waals surface area contributed by atoms with Crippen molar-refractivity contribution in [3.05, 3.63) is 28.8 Å². The van der Waals surface area contributed by atoms with Crippen molar-refractivity contribution < 1.29 is 9.84 Å². The molecule has 0 saturated carbocycles. The van der Waals surface area contributed by atoms with Crippen LogP contribution in [0.5, 0.6) is 5.75 Å². The van der Waals surface area contributed by atoms with Crippen molar-refractivity contribution in [2.24, 2.45) is 0 Å². The van der Waals surface area contributed by atoms with E-state index in [9.17, 15) is 0 Å². The minimum absolute atomic E-state index is 0.0145. The maximum Gasteiger partial charge on any atom is 0.138 e. The predicted molar refractivity (Wildman–Crippen MR) is 58.0 cm³/mol. The molecular weight excluding hydrogens is 200 g/mol. The van der Waals surface area contributed by atoms with E-state index in [1.54, 1.807) is 0 Å². The Hall–Kier alpha value is -0.730. The summed E-state index contributed by atoms with van der Waals surface area (Å²) in [5.74, 6) is 0.688. The summed E-state index contributed by atoms with van der Waals surface area (Å²) in [6.45, 7) is 4.03. The first kappa shape index (κ1) is 11.3. The molecule has 0 bridgehead atoms. The zero-order valence-corrected chi connectivity index (χ0v) is 9.21. The maximum absolute atomic E-state index is 8.73. The van der Waals surface area contributed by atoms with Gasteiger partial charge in [-0.05, 0) is 31.5 Å². The zero-order valence-electron chi connectivity index (χ0n) is 8.46. The van der Waals surface area contributed by atoms with Gasteiger partial charge in [0, 0.05) is 13.0 Å². The van der Waals surface area contributed by atoms with Gasteiger partial charge in [0.15, 0.2) is 0 Å². The summed E-state index contributed by atoms with van der Waals surface area (Å²) >= 11 is 5.95. The molecular formula is C11H15ClO2. The highest BCUT2D eigenvalue weighted by atomic mass is 35.5. The van der Waals surface area contributed by atoms with Crippen LogP contribution < -0.4 is 4.74 Å². The standard InChI is InChI=1S/C11H15ClO2/c1-8-3-4-10(12)11(7-8)14-9(2)5-6-13/h3-4,7,9,13H,5-6H2,1-2H3. The Balaban J connectivity index is 2.70. The lowest BCUT2D eigenvalue weighted by Gasteiger charge is -2.14. The molecule has 2 nitrogen and oxygen atoms in total. The second-order valence-electron chi connectivity index (χ2n) is 3.37. The molecule has 78 valence electrons. The van der Waals surface area contributed by atoms with Crippen molar-refractivity contribution in [3.63, 3.8) is 0 Å². The van der Waals surface area contributed by atoms with E-state index in [-0.39, 0.29) is 12.7 Å². The summed E-state index contributed by atoms with van der Waals surface area (Å²) in [6, 6.07) is 5.65. The third-order valence-corrected chi connectivity index (χ3v) is 2.26. The Bertz CT molecular complexity index is 299. The number of ether oxygens (including phenoxy) is 1. The Morgan fingerprint density at radius 1 is 1.50 bits per heavy atom. The number of rotatable bonds is 4. The molecule has 0 aliphatic heterocycles. The highest BCUT2D eigenvalue weighted by Crippen LogP contribution is 2.26. The van der Waals surface area contributed by atoms with Crippen molar-refractivity contribution in [3.8, 4) is 5.75 Å². The van der Waals surface area contributed by atoms with Crippen LogP contribution in [0.25, 0.3) is 0 Å². The maximum atomic E-state index is 8.73. The lowest BCUT2D eigenvalue weighted by Crippen LogP contribution is -2.13. The quantitative estimate of drug-likeness (QED) is 0.835. The SMILES string of the molecule is Cc1ccc(Cl)c(OC(C)CCO)c1. The average molecular weight is 215 g/mol. The van der Waals surface area contributed by atoms with E-state index in [4.69, 9.17) is 21.4 Å². The minimum Gasteiger partial charge on any atom is -0.489 e. The Morgan fingerprint density at radius 3 is 2.86 bits per heavy atom. The molecule has 1 atom stereocenters. The fourth-order valence-corrected chi connectivity index (χ4v) is 1.32. The molecule has 3 heteroatoms. The van der Waals surface area contributed by atoms with E-state index in [1.165, 1.54) is 0 Å². The highest BCUT2D eigenvalue weighted by Gasteiger charge is 2.06. The van der Waals surface area contributed by atoms with E-state index in [1.807, 2.05) is 32.0 Å². The van der Waals surface area contributed by atoms with Gasteiger partial charge in [0.05, 0.1) is 11.1 Å². The summed E-state index contributed by atoms with van der Waals surface area (Å²) in [5, 5.41) is 9.34. The van der Waals surface area contributed by atoms with Crippen molar-refractivity contribution in [1.29, 1.82) is 0 Å². The number of halogens is 1. The first-order chi connectivity index (χ1) is 6.63. The monoisotopic (exact) mass is 214 g/mol. The van der Waals surface area contributed by atoms with Gasteiger partial charge in [-0.1, -0.05) is 17.7 Å². The van der Waals surface area contributed by atoms with Crippen LogP contribution in [0.1, 0.15) is 18.9 Å². The molecule has 1 rings (SSSR count). The number of aliphatic hydroxyl groups excluding tert-OH is 1. The Morgan fingerprint density at radius 2 is 2.21 bits per heavy atom. The Labute approximate surface area is 89.5 Å². The topological polar surface area (TPSA) is 29.5 Å². The molecule has 1 N–H and O–H groups in total. The van der Waals surface area contributed by atoms with E-state index in [0.29, 0.717) is 17.2 Å². The molecule has 0 saturated heterocycles. The Kier molecular flexibility index (Phi) is 4.23. The van der Waals surface area contributed by atoms with Crippen LogP contribution in [0.15, 0.2) is 18.2 Å². The van der Waals surface area contributed by atoms with Gasteiger partial charge in [0.2, 0.25) is 0 Å². The van der Waals surface area contributed by atoms with Crippen LogP contribution in [0.3, 0.4) is 0 Å². The van der Waals surface area contributed by atoms with E-state index < -0.39 is 0 Å². The minimum atomic E-state index is -0.0145. The molecule has 0 aromatic heterocycles. The van der Waals surface area contributed by atoms with Gasteiger partial charge >= 0.3 is 0 Å². The summed E-state index contributed by atoms with van der Waals surface area (Å²) < 4.78 is 5.57. The van der Waals surface area contributed by atoms with Crippen LogP contribution in [0.2, 0.25) is 5.02 Å². The van der Waals surface area contributed by atoms with Gasteiger partial charge < -0.3 is 9.84 Å². The van der Waals surface area contributed by atoms with Crippen LogP contribution in [-0.2, 0) is 0 Å². The van der Waals surface area contributed by atoms with Gasteiger partial charge in [0.1, 0.15) is 5.75 Å². The van der Waals surface area contributed by atoms with Crippen LogP contribution in [0.4, 0.5) is 0 Å². The number of hydrogen-bond donors (Lipinski definition) is 1. The van der Waals surface area contributed by atoms with Gasteiger partial charge in [-0.3, -0.25) is 0 Å². The summed E-state index contributed by atoms with van der Waals surface area (Å²) in [7, 11) is 0. The predicted octanol–water partition coefficient (Wildman–Crippen LogP) is 2.80. The molecule has 1 aromatic carbocycles. The largest absolute Gasteiger partial charge is 0.489 e. The van der Waals surface area contributed by atoms with Crippen molar-refractivity contribution in [2.45, 2.75) is 26.4 Å². The number of benzene rings is 1. The van der Waals surface area contributed by atoms with Gasteiger partial charge in [-0.25, -0.2) is 0 Å². The summed E-state index contributed by atoms with van der Waals surface area (Å²) in [4.78, 5) is 0. The van der Waals surface area contributed by atoms with E-state index in [0.717, 1.165) is 5.56 Å². The van der Waals surface area contributed by atoms with E-state index >= 15 is 0 Å². The fourth-order valence-electron chi connectivity index (χ4n) is 1.16. The normalized spacial score (nSPS) is 12.6. The van der Waals surface area contributed by atoms with Crippen LogP contribution in [-0.4, -0.2) is 17.8 Å². The zero-order chi connectivity index (χ0) is 10.6. The first-order valence-electron chi connectivity index (χ1n) is 4.67. The van der Waals surface area contributed by atoms with Crippen molar-refractivity contribution in [1.82, 2.24) is 0 Å². The molecule has 0 aliphatic carbocycles. The molecule has 0 fully saturated rings. The molecule has 0 aliphatic rings. The summed E-state index contributed by atoms with van der Waals surface area (Å²) in [5.41, 5.74) is 1.11. The summed E-state index contributed by atoms with van der Waals surface area (Å²) in [6.07, 6.45) is 0.601. The molecule has 1 aromatic rings. The molecule has 0 heterocycles. The molecule has 0 amide bonds. The lowest BCUT2D eigenvalue weighted by atomic mass is 10.2. The first-order valence-corrected chi connectivity index (χ1v) is 5.05. The average Bonchev–Trinajstić information content (AvgIpc) is 2.12. The lowest BCUT2D eigenvalue weighted by molar-refractivity contribution is 0.169. The number of aliphatic hydroxyl groups is 1. The fraction of sp³-hybridized carbons (Fsp3) is 0.455. The molecule has 14 heavy (non-hydrogen) atoms. The second-order valence-corrected chi connectivity index (χ2v) is 3.78. The van der Waals surface area contributed by atoms with Gasteiger partial charge in [-0.2, -0.15) is 0 Å². The second kappa shape index (κ2) is 5.23. The third-order valence-electron chi connectivity index (χ3n) is 1.95. The smallest absolute Gasteiger partial charge is 0.138 e. The highest BCUT2D eigenvalue weighted by molar-refractivity contribution is 6.32. The number of aryl methyl sites for hydroxylation is 1. The third kappa shape index (κ3) is 3.20. The molecule has 0 spiro atoms. The van der Waals surface area contributed by atoms with E-state index in [2.05, 4.69) is 0 Å². The van der Waals surface area contributed by atoms with Crippen LogP contribution in [0, 0.1) is 6.92 Å². The number of hydrogen-bond acceptors (Lipinski definition) is 2. The van der Waals surface area contributed by atoms with Crippen LogP contribution >= 0.6 is 11.6 Å². The molecule has 1 unspecified atom stereocenters. The van der Waals surface area contributed by atoms with Crippen molar-refractivity contribution >= 4 is 11.6 Å². The van der Waals surface area contributed by atoms with Crippen molar-refractivity contribution in [2.75, 3.05) is 6.61 Å².